The highest BCUT2D eigenvalue weighted by Crippen LogP contribution is 2.39. The highest BCUT2D eigenvalue weighted by molar-refractivity contribution is 8.69. The van der Waals surface area contributed by atoms with Crippen LogP contribution in [0, 0.1) is 11.3 Å². The number of unbranched alkanes of at least 4 members (excludes halogenated alkanes) is 1. The van der Waals surface area contributed by atoms with Crippen molar-refractivity contribution in [1.82, 2.24) is 0 Å². The third kappa shape index (κ3) is 4.67. The average Bonchev–Trinajstić information content (AvgIpc) is 2.31. The first-order valence-corrected chi connectivity index (χ1v) is 7.40. The molecule has 0 saturated heterocycles. The normalized spacial score (nSPS) is 13.9. The molecular weight excluding hydrogens is 242 g/mol. The molecule has 0 rings (SSSR count). The Morgan fingerprint density at radius 2 is 2.12 bits per heavy atom. The summed E-state index contributed by atoms with van der Waals surface area (Å²) in [4.78, 5) is 11.9. The maximum atomic E-state index is 11.9. The standard InChI is InChI=1S/C11H19NO2S2/c1-3-5-7-11(16-15,6-4-2)10(13)14-9-8-12/h15H,3-7,9H2,1-2H3. The molecule has 0 aliphatic rings. The van der Waals surface area contributed by atoms with E-state index >= 15 is 0 Å². The maximum Gasteiger partial charge on any atom is 0.324 e. The molecular formula is C11H19NO2S2. The number of thiol groups is 1. The molecule has 0 spiro atoms. The fourth-order valence-corrected chi connectivity index (χ4v) is 2.99. The van der Waals surface area contributed by atoms with Gasteiger partial charge in [0.05, 0.1) is 0 Å². The van der Waals surface area contributed by atoms with Crippen LogP contribution >= 0.6 is 22.5 Å². The van der Waals surface area contributed by atoms with Gasteiger partial charge in [0, 0.05) is 0 Å². The van der Waals surface area contributed by atoms with Gasteiger partial charge in [-0.2, -0.15) is 5.26 Å². The first-order chi connectivity index (χ1) is 7.66. The number of carbonyl (C=O) groups is 1. The van der Waals surface area contributed by atoms with Crippen LogP contribution in [0.5, 0.6) is 0 Å². The second-order valence-corrected chi connectivity index (χ2v) is 5.19. The molecule has 3 nitrogen and oxygen atoms in total. The van der Waals surface area contributed by atoms with Crippen LogP contribution in [-0.2, 0) is 9.53 Å². The molecule has 16 heavy (non-hydrogen) atoms. The lowest BCUT2D eigenvalue weighted by Gasteiger charge is -2.28. The van der Waals surface area contributed by atoms with Gasteiger partial charge in [0.1, 0.15) is 10.8 Å². The number of ether oxygens (including phenoxy) is 1. The number of hydrogen-bond acceptors (Lipinski definition) is 5. The lowest BCUT2D eigenvalue weighted by Crippen LogP contribution is -2.36. The van der Waals surface area contributed by atoms with Gasteiger partial charge in [-0.25, -0.2) is 0 Å². The Bertz CT molecular complexity index is 253. The van der Waals surface area contributed by atoms with Crippen molar-refractivity contribution in [3.05, 3.63) is 0 Å². The Kier molecular flexibility index (Phi) is 8.58. The van der Waals surface area contributed by atoms with E-state index in [1.807, 2.05) is 13.0 Å². The molecule has 0 N–H and O–H groups in total. The average molecular weight is 261 g/mol. The van der Waals surface area contributed by atoms with E-state index in [0.717, 1.165) is 32.1 Å². The molecule has 0 aliphatic heterocycles. The zero-order valence-electron chi connectivity index (χ0n) is 9.86. The predicted octanol–water partition coefficient (Wildman–Crippen LogP) is 3.36. The number of carbonyl (C=O) groups excluding carboxylic acids is 1. The Hall–Kier alpha value is -0.340. The van der Waals surface area contributed by atoms with Crippen molar-refractivity contribution in [2.24, 2.45) is 0 Å². The Labute approximate surface area is 107 Å². The van der Waals surface area contributed by atoms with E-state index in [0.29, 0.717) is 0 Å². The molecule has 0 aromatic heterocycles. The minimum Gasteiger partial charge on any atom is -0.449 e. The van der Waals surface area contributed by atoms with Crippen LogP contribution in [0.3, 0.4) is 0 Å². The number of hydrogen-bond donors (Lipinski definition) is 1. The summed E-state index contributed by atoms with van der Waals surface area (Å²) < 4.78 is 4.35. The third-order valence-corrected chi connectivity index (χ3v) is 4.38. The van der Waals surface area contributed by atoms with E-state index in [1.165, 1.54) is 10.8 Å². The van der Waals surface area contributed by atoms with Gasteiger partial charge in [-0.15, -0.1) is 11.7 Å². The van der Waals surface area contributed by atoms with E-state index in [1.54, 1.807) is 0 Å². The first kappa shape index (κ1) is 15.7. The molecule has 0 aromatic carbocycles. The van der Waals surface area contributed by atoms with Crippen LogP contribution in [0.25, 0.3) is 0 Å². The molecule has 1 atom stereocenters. The summed E-state index contributed by atoms with van der Waals surface area (Å²) in [6.07, 6.45) is 4.40. The second kappa shape index (κ2) is 8.77. The number of nitrogens with zero attached hydrogens (tertiary/aromatic N) is 1. The number of rotatable bonds is 8. The molecule has 0 aliphatic carbocycles. The molecule has 0 fully saturated rings. The molecule has 0 bridgehead atoms. The molecule has 0 amide bonds. The van der Waals surface area contributed by atoms with E-state index in [-0.39, 0.29) is 12.6 Å². The summed E-state index contributed by atoms with van der Waals surface area (Å²) in [5.41, 5.74) is 0. The monoisotopic (exact) mass is 261 g/mol. The smallest absolute Gasteiger partial charge is 0.324 e. The van der Waals surface area contributed by atoms with Crippen LogP contribution in [0.2, 0.25) is 0 Å². The zero-order valence-corrected chi connectivity index (χ0v) is 11.6. The summed E-state index contributed by atoms with van der Waals surface area (Å²) in [6.45, 7) is 3.94. The molecule has 5 heteroatoms. The van der Waals surface area contributed by atoms with Crippen molar-refractivity contribution in [1.29, 1.82) is 5.26 Å². The fourth-order valence-electron chi connectivity index (χ4n) is 1.55. The number of nitriles is 1. The first-order valence-electron chi connectivity index (χ1n) is 5.53. The quantitative estimate of drug-likeness (QED) is 0.413. The highest BCUT2D eigenvalue weighted by Gasteiger charge is 2.38. The van der Waals surface area contributed by atoms with Crippen LogP contribution in [-0.4, -0.2) is 17.3 Å². The highest BCUT2D eigenvalue weighted by atomic mass is 33.1. The minimum absolute atomic E-state index is 0.176. The van der Waals surface area contributed by atoms with Crippen molar-refractivity contribution in [3.63, 3.8) is 0 Å². The van der Waals surface area contributed by atoms with Gasteiger partial charge in [0.2, 0.25) is 0 Å². The minimum atomic E-state index is -0.579. The Balaban J connectivity index is 4.59. The van der Waals surface area contributed by atoms with Gasteiger partial charge in [-0.3, -0.25) is 4.79 Å². The van der Waals surface area contributed by atoms with Crippen LogP contribution in [0.4, 0.5) is 0 Å². The summed E-state index contributed by atoms with van der Waals surface area (Å²) >= 11 is 4.20. The predicted molar refractivity (Wildman–Crippen MR) is 70.3 cm³/mol. The van der Waals surface area contributed by atoms with Crippen molar-refractivity contribution < 1.29 is 9.53 Å². The summed E-state index contributed by atoms with van der Waals surface area (Å²) in [7, 11) is 1.25. The largest absolute Gasteiger partial charge is 0.449 e. The SMILES string of the molecule is CCCCC(CCC)(SS)C(=O)OCC#N. The van der Waals surface area contributed by atoms with Crippen LogP contribution in [0.1, 0.15) is 46.0 Å². The van der Waals surface area contributed by atoms with Gasteiger partial charge in [0.15, 0.2) is 6.61 Å². The maximum absolute atomic E-state index is 11.9. The van der Waals surface area contributed by atoms with Crippen LogP contribution in [0.15, 0.2) is 0 Å². The molecule has 0 radical (unpaired) electrons. The Morgan fingerprint density at radius 3 is 2.56 bits per heavy atom. The summed E-state index contributed by atoms with van der Waals surface area (Å²) in [5.74, 6) is -0.302. The van der Waals surface area contributed by atoms with Crippen molar-refractivity contribution in [3.8, 4) is 6.07 Å². The fraction of sp³-hybridized carbons (Fsp3) is 0.818. The van der Waals surface area contributed by atoms with E-state index in [4.69, 9.17) is 10.00 Å². The van der Waals surface area contributed by atoms with Crippen molar-refractivity contribution >= 4 is 28.4 Å². The van der Waals surface area contributed by atoms with Gasteiger partial charge >= 0.3 is 5.97 Å². The van der Waals surface area contributed by atoms with Crippen LogP contribution < -0.4 is 0 Å². The van der Waals surface area contributed by atoms with Gasteiger partial charge in [-0.05, 0) is 12.8 Å². The van der Waals surface area contributed by atoms with Crippen molar-refractivity contribution in [2.45, 2.75) is 50.7 Å². The second-order valence-electron chi connectivity index (χ2n) is 3.67. The zero-order chi connectivity index (χ0) is 12.4. The van der Waals surface area contributed by atoms with Gasteiger partial charge in [-0.1, -0.05) is 43.9 Å². The lowest BCUT2D eigenvalue weighted by molar-refractivity contribution is -0.145. The topological polar surface area (TPSA) is 50.1 Å². The van der Waals surface area contributed by atoms with Gasteiger partial charge in [0.25, 0.3) is 0 Å². The third-order valence-electron chi connectivity index (χ3n) is 2.40. The molecule has 0 saturated carbocycles. The van der Waals surface area contributed by atoms with E-state index in [2.05, 4.69) is 18.6 Å². The lowest BCUT2D eigenvalue weighted by atomic mass is 9.96. The molecule has 92 valence electrons. The van der Waals surface area contributed by atoms with E-state index < -0.39 is 4.75 Å². The summed E-state index contributed by atoms with van der Waals surface area (Å²) in [6, 6.07) is 1.82. The van der Waals surface area contributed by atoms with E-state index in [9.17, 15) is 4.79 Å². The molecule has 1 unspecified atom stereocenters. The Morgan fingerprint density at radius 1 is 1.44 bits per heavy atom. The molecule has 0 aromatic rings. The van der Waals surface area contributed by atoms with Crippen molar-refractivity contribution in [2.75, 3.05) is 6.61 Å². The molecule has 0 heterocycles. The summed E-state index contributed by atoms with van der Waals surface area (Å²) in [5, 5.41) is 8.41. The number of esters is 1. The van der Waals surface area contributed by atoms with Gasteiger partial charge < -0.3 is 4.74 Å².